The van der Waals surface area contributed by atoms with Gasteiger partial charge in [-0.3, -0.25) is 0 Å². The number of carboxylic acids is 2. The number of carbonyl (C=O) groups is 2. The number of azo groups is 2. The molecular weight excluding hydrogens is 651 g/mol. The summed E-state index contributed by atoms with van der Waals surface area (Å²) in [5.74, 6) is -2.04. The van der Waals surface area contributed by atoms with E-state index in [-0.39, 0.29) is 49.9 Å². The molecule has 14 nitrogen and oxygen atoms in total. The average Bonchev–Trinajstić information content (AvgIpc) is 3.05. The van der Waals surface area contributed by atoms with Crippen molar-refractivity contribution in [3.05, 3.63) is 108 Å². The molecule has 0 saturated heterocycles. The first kappa shape index (κ1) is 33.7. The van der Waals surface area contributed by atoms with Crippen LogP contribution in [-0.4, -0.2) is 42.1 Å². The number of aryl methyl sites for hydroxylation is 2. The third-order valence-corrected chi connectivity index (χ3v) is 6.51. The van der Waals surface area contributed by atoms with Crippen molar-refractivity contribution in [3.63, 3.8) is 0 Å². The Bertz CT molecular complexity index is 2010. The Morgan fingerprint density at radius 1 is 0.617 bits per heavy atom. The number of hydrogen-bond donors (Lipinski definition) is 2. The number of benzene rings is 2. The number of nitrogens with zero attached hydrogens (tertiary/aromatic N) is 8. The van der Waals surface area contributed by atoms with Crippen LogP contribution in [0.1, 0.15) is 32.1 Å². The van der Waals surface area contributed by atoms with E-state index < -0.39 is 11.9 Å². The molecular formula is C32H22N8NiO6-2. The minimum absolute atomic E-state index is 0. The fourth-order valence-corrected chi connectivity index (χ4v) is 4.25. The molecule has 4 aromatic heterocycles. The molecule has 47 heavy (non-hydrogen) atoms. The number of pyridine rings is 4. The van der Waals surface area contributed by atoms with Crippen LogP contribution in [0.2, 0.25) is 0 Å². The number of hydrogen-bond acceptors (Lipinski definition) is 12. The molecule has 15 heteroatoms. The smallest absolute Gasteiger partial charge is 0.337 e. The largest absolute Gasteiger partial charge is 0.872 e. The van der Waals surface area contributed by atoms with Gasteiger partial charge in [0.25, 0.3) is 0 Å². The summed E-state index contributed by atoms with van der Waals surface area (Å²) in [6.45, 7) is 3.14. The summed E-state index contributed by atoms with van der Waals surface area (Å²) in [6.07, 6.45) is 3.18. The second-order valence-corrected chi connectivity index (χ2v) is 9.59. The Morgan fingerprint density at radius 3 is 1.36 bits per heavy atom. The molecule has 2 aromatic carbocycles. The molecule has 0 bridgehead atoms. The number of rotatable bonds is 6. The predicted molar refractivity (Wildman–Crippen MR) is 163 cm³/mol. The molecule has 0 aliphatic carbocycles. The average molecular weight is 673 g/mol. The fourth-order valence-electron chi connectivity index (χ4n) is 4.25. The van der Waals surface area contributed by atoms with Gasteiger partial charge in [-0.05, 0) is 73.2 Å². The van der Waals surface area contributed by atoms with Gasteiger partial charge in [-0.25, -0.2) is 29.5 Å². The standard InChI is InChI=1S/2C16H12N4O3.Ni/c2*1-9-10(16(22)23)8-11-13(21)6-5-12(15(11)18-9)19-20-14-4-2-3-7-17-14;/h2*2-8,21H,1H3,(H,22,23);/p-2. The minimum Gasteiger partial charge on any atom is -0.872 e. The van der Waals surface area contributed by atoms with Gasteiger partial charge in [-0.15, -0.1) is 20.5 Å². The van der Waals surface area contributed by atoms with Crippen LogP contribution in [0, 0.1) is 13.8 Å². The van der Waals surface area contributed by atoms with Crippen molar-refractivity contribution >= 4 is 56.8 Å². The normalized spacial score (nSPS) is 10.9. The summed E-state index contributed by atoms with van der Waals surface area (Å²) in [7, 11) is 0. The summed E-state index contributed by atoms with van der Waals surface area (Å²) in [5.41, 5.74) is 2.01. The number of aromatic nitrogens is 4. The molecule has 238 valence electrons. The second kappa shape index (κ2) is 14.7. The topological polar surface area (TPSA) is 222 Å². The van der Waals surface area contributed by atoms with Crippen LogP contribution in [0.3, 0.4) is 0 Å². The molecule has 0 atom stereocenters. The monoisotopic (exact) mass is 672 g/mol. The Hall–Kier alpha value is -6.21. The molecule has 2 N–H and O–H groups in total. The van der Waals surface area contributed by atoms with Crippen molar-refractivity contribution in [1.29, 1.82) is 0 Å². The number of fused-ring (bicyclic) bond motifs is 2. The minimum atomic E-state index is -1.13. The van der Waals surface area contributed by atoms with Crippen molar-refractivity contribution in [2.24, 2.45) is 20.5 Å². The Morgan fingerprint density at radius 2 is 1.02 bits per heavy atom. The Balaban J connectivity index is 0.000000208. The first-order valence-electron chi connectivity index (χ1n) is 13.5. The summed E-state index contributed by atoms with van der Waals surface area (Å²) in [6, 6.07) is 18.7. The molecule has 6 rings (SSSR count). The Labute approximate surface area is 276 Å². The zero-order chi connectivity index (χ0) is 32.8. The molecule has 6 aromatic rings. The summed E-state index contributed by atoms with van der Waals surface area (Å²) in [5, 5.41) is 58.8. The van der Waals surface area contributed by atoms with Crippen molar-refractivity contribution in [2.45, 2.75) is 13.8 Å². The van der Waals surface area contributed by atoms with E-state index in [1.54, 1.807) is 62.6 Å². The quantitative estimate of drug-likeness (QED) is 0.149. The van der Waals surface area contributed by atoms with E-state index in [0.29, 0.717) is 45.4 Å². The molecule has 0 amide bonds. The molecule has 0 aliphatic rings. The first-order chi connectivity index (χ1) is 22.1. The predicted octanol–water partition coefficient (Wildman–Crippen LogP) is 6.25. The van der Waals surface area contributed by atoms with Gasteiger partial charge in [0, 0.05) is 28.9 Å². The van der Waals surface area contributed by atoms with Crippen LogP contribution in [0.25, 0.3) is 21.8 Å². The van der Waals surface area contributed by atoms with Crippen LogP contribution in [-0.2, 0) is 16.5 Å². The van der Waals surface area contributed by atoms with Gasteiger partial charge >= 0.3 is 11.9 Å². The number of aromatic carboxylic acids is 2. The summed E-state index contributed by atoms with van der Waals surface area (Å²) in [4.78, 5) is 38.8. The third-order valence-electron chi connectivity index (χ3n) is 6.51. The number of carboxylic acid groups (broad SMARTS) is 2. The molecule has 4 heterocycles. The second-order valence-electron chi connectivity index (χ2n) is 9.59. The maximum atomic E-state index is 12.0. The fraction of sp³-hybridized carbons (Fsp3) is 0.0625. The Kier molecular flexibility index (Phi) is 10.5. The van der Waals surface area contributed by atoms with Crippen LogP contribution in [0.4, 0.5) is 23.0 Å². The van der Waals surface area contributed by atoms with Crippen LogP contribution in [0.5, 0.6) is 11.5 Å². The summed E-state index contributed by atoms with van der Waals surface area (Å²) < 4.78 is 0. The van der Waals surface area contributed by atoms with Gasteiger partial charge in [0.1, 0.15) is 11.4 Å². The van der Waals surface area contributed by atoms with Gasteiger partial charge in [0.05, 0.1) is 33.5 Å². The van der Waals surface area contributed by atoms with Crippen LogP contribution < -0.4 is 10.2 Å². The summed E-state index contributed by atoms with van der Waals surface area (Å²) >= 11 is 0. The van der Waals surface area contributed by atoms with Crippen LogP contribution >= 0.6 is 0 Å². The van der Waals surface area contributed by atoms with E-state index in [9.17, 15) is 19.8 Å². The molecule has 0 aliphatic heterocycles. The van der Waals surface area contributed by atoms with Crippen LogP contribution in [0.15, 0.2) is 106 Å². The molecule has 0 saturated carbocycles. The van der Waals surface area contributed by atoms with E-state index in [2.05, 4.69) is 40.4 Å². The zero-order valence-electron chi connectivity index (χ0n) is 24.5. The van der Waals surface area contributed by atoms with Gasteiger partial charge in [0.2, 0.25) is 0 Å². The van der Waals surface area contributed by atoms with Crippen molar-refractivity contribution in [1.82, 2.24) is 19.9 Å². The van der Waals surface area contributed by atoms with E-state index >= 15 is 0 Å². The molecule has 0 radical (unpaired) electrons. The molecule has 0 unspecified atom stereocenters. The SMILES string of the molecule is Cc1nc2c(N=Nc3ccccn3)ccc([O-])c2cc1C(=O)O.Cc1nc2c(N=Nc3ccccn3)ccc([O-])c2cc1C(=O)O.[Ni]. The van der Waals surface area contributed by atoms with E-state index in [1.807, 2.05) is 0 Å². The van der Waals surface area contributed by atoms with Gasteiger partial charge in [-0.1, -0.05) is 35.8 Å². The third kappa shape index (κ3) is 7.72. The van der Waals surface area contributed by atoms with E-state index in [4.69, 9.17) is 10.2 Å². The van der Waals surface area contributed by atoms with E-state index in [1.165, 1.54) is 36.4 Å². The van der Waals surface area contributed by atoms with Gasteiger partial charge < -0.3 is 20.4 Å². The maximum Gasteiger partial charge on any atom is 0.337 e. The molecule has 0 fully saturated rings. The van der Waals surface area contributed by atoms with Gasteiger partial charge in [0.15, 0.2) is 11.6 Å². The van der Waals surface area contributed by atoms with Crippen molar-refractivity contribution < 1.29 is 46.5 Å². The first-order valence-corrected chi connectivity index (χ1v) is 13.5. The van der Waals surface area contributed by atoms with Crippen molar-refractivity contribution in [3.8, 4) is 11.5 Å². The van der Waals surface area contributed by atoms with Crippen molar-refractivity contribution in [2.75, 3.05) is 0 Å². The molecule has 0 spiro atoms. The maximum absolute atomic E-state index is 12.0. The van der Waals surface area contributed by atoms with Gasteiger partial charge in [-0.2, -0.15) is 0 Å². The zero-order valence-corrected chi connectivity index (χ0v) is 25.5. The van der Waals surface area contributed by atoms with E-state index in [0.717, 1.165) is 0 Å².